The third kappa shape index (κ3) is 4.41. The van der Waals surface area contributed by atoms with E-state index in [2.05, 4.69) is 35.2 Å². The summed E-state index contributed by atoms with van der Waals surface area (Å²) >= 11 is 0. The second-order valence-electron chi connectivity index (χ2n) is 8.50. The van der Waals surface area contributed by atoms with Crippen LogP contribution < -0.4 is 10.9 Å². The van der Waals surface area contributed by atoms with E-state index in [0.29, 0.717) is 35.3 Å². The molecule has 4 aromatic heterocycles. The van der Waals surface area contributed by atoms with E-state index < -0.39 is 9.84 Å². The number of aryl methyl sites for hydroxylation is 2. The van der Waals surface area contributed by atoms with Gasteiger partial charge in [-0.15, -0.1) is 0 Å². The Bertz CT molecular complexity index is 1610. The summed E-state index contributed by atoms with van der Waals surface area (Å²) in [7, 11) is -3.39. The van der Waals surface area contributed by atoms with Crippen molar-refractivity contribution in [3.8, 4) is 11.4 Å². The summed E-state index contributed by atoms with van der Waals surface area (Å²) in [5.74, 6) is 1.26. The van der Waals surface area contributed by atoms with E-state index in [4.69, 9.17) is 4.98 Å². The molecule has 1 fully saturated rings. The van der Waals surface area contributed by atoms with Crippen LogP contribution in [-0.4, -0.2) is 53.6 Å². The van der Waals surface area contributed by atoms with Crippen LogP contribution in [0.1, 0.15) is 49.8 Å². The molecule has 5 rings (SSSR count). The molecule has 1 N–H and O–H groups in total. The molecule has 0 radical (unpaired) electrons. The SMILES string of the molecule is CCn1c(=O)c(NCc2ncc(S(=O)(=O)CC)cn2)nc2cnc(-c3c(C)ncnc3C3CC3)nc21. The highest BCUT2D eigenvalue weighted by Crippen LogP contribution is 2.43. The van der Waals surface area contributed by atoms with Crippen LogP contribution in [0.2, 0.25) is 0 Å². The van der Waals surface area contributed by atoms with Crippen LogP contribution in [0.25, 0.3) is 22.6 Å². The maximum Gasteiger partial charge on any atom is 0.294 e. The molecule has 13 heteroatoms. The minimum atomic E-state index is -3.39. The summed E-state index contributed by atoms with van der Waals surface area (Å²) in [5, 5.41) is 2.96. The average molecular weight is 508 g/mol. The highest BCUT2D eigenvalue weighted by molar-refractivity contribution is 7.91. The number of sulfone groups is 1. The first-order chi connectivity index (χ1) is 17.3. The fourth-order valence-electron chi connectivity index (χ4n) is 3.92. The molecule has 12 nitrogen and oxygen atoms in total. The van der Waals surface area contributed by atoms with Gasteiger partial charge in [0.2, 0.25) is 0 Å². The van der Waals surface area contributed by atoms with Crippen molar-refractivity contribution in [3.05, 3.63) is 52.5 Å². The summed E-state index contributed by atoms with van der Waals surface area (Å²) in [5.41, 5.74) is 3.08. The fourth-order valence-corrected chi connectivity index (χ4v) is 4.68. The summed E-state index contributed by atoms with van der Waals surface area (Å²) in [6.45, 7) is 5.79. The van der Waals surface area contributed by atoms with E-state index in [1.807, 2.05) is 13.8 Å². The van der Waals surface area contributed by atoms with E-state index in [0.717, 1.165) is 29.8 Å². The first-order valence-electron chi connectivity index (χ1n) is 11.7. The predicted molar refractivity (Wildman–Crippen MR) is 132 cm³/mol. The lowest BCUT2D eigenvalue weighted by Gasteiger charge is -2.13. The summed E-state index contributed by atoms with van der Waals surface area (Å²) in [4.78, 5) is 43.9. The summed E-state index contributed by atoms with van der Waals surface area (Å²) in [6.07, 6.45) is 7.85. The molecule has 0 unspecified atom stereocenters. The molecule has 0 spiro atoms. The van der Waals surface area contributed by atoms with Crippen molar-refractivity contribution in [2.24, 2.45) is 0 Å². The normalized spacial score (nSPS) is 13.8. The van der Waals surface area contributed by atoms with E-state index in [1.54, 1.807) is 19.4 Å². The molecule has 0 aromatic carbocycles. The third-order valence-corrected chi connectivity index (χ3v) is 7.78. The zero-order valence-corrected chi connectivity index (χ0v) is 20.9. The highest BCUT2D eigenvalue weighted by atomic mass is 32.2. The van der Waals surface area contributed by atoms with Gasteiger partial charge in [0.25, 0.3) is 5.56 Å². The molecule has 0 saturated heterocycles. The van der Waals surface area contributed by atoms with Crippen molar-refractivity contribution in [2.75, 3.05) is 11.1 Å². The molecular formula is C23H25N9O3S. The van der Waals surface area contributed by atoms with Crippen molar-refractivity contribution in [1.82, 2.24) is 39.5 Å². The highest BCUT2D eigenvalue weighted by Gasteiger charge is 2.30. The number of hydrogen-bond acceptors (Lipinski definition) is 11. The monoisotopic (exact) mass is 507 g/mol. The van der Waals surface area contributed by atoms with E-state index >= 15 is 0 Å². The van der Waals surface area contributed by atoms with Crippen LogP contribution in [0.5, 0.6) is 0 Å². The fraction of sp³-hybridized carbons (Fsp3) is 0.391. The van der Waals surface area contributed by atoms with Crippen LogP contribution in [0.15, 0.2) is 34.6 Å². The zero-order chi connectivity index (χ0) is 25.4. The molecular weight excluding hydrogens is 482 g/mol. The Morgan fingerprint density at radius 3 is 2.44 bits per heavy atom. The largest absolute Gasteiger partial charge is 0.358 e. The smallest absolute Gasteiger partial charge is 0.294 e. The molecule has 4 heterocycles. The molecule has 1 aliphatic rings. The molecule has 186 valence electrons. The Morgan fingerprint density at radius 1 is 1.03 bits per heavy atom. The standard InChI is InChI=1S/C23H25N9O3S/c1-4-32-22-16(10-26-20(31-22)18-13(3)28-12-29-19(18)14-6-7-14)30-21(23(32)33)27-11-17-24-8-15(9-25-17)36(34,35)5-2/h8-10,12,14H,4-7,11H2,1-3H3,(H,27,30). The lowest BCUT2D eigenvalue weighted by Crippen LogP contribution is -2.26. The molecule has 0 amide bonds. The number of aromatic nitrogens is 8. The predicted octanol–water partition coefficient (Wildman–Crippen LogP) is 2.04. The van der Waals surface area contributed by atoms with Gasteiger partial charge in [0.15, 0.2) is 27.1 Å². The minimum Gasteiger partial charge on any atom is -0.358 e. The molecule has 1 saturated carbocycles. The van der Waals surface area contributed by atoms with E-state index in [1.165, 1.54) is 17.0 Å². The van der Waals surface area contributed by atoms with Crippen LogP contribution in [-0.2, 0) is 22.9 Å². The second kappa shape index (κ2) is 9.30. The molecule has 0 aliphatic heterocycles. The Balaban J connectivity index is 1.47. The number of anilines is 1. The summed E-state index contributed by atoms with van der Waals surface area (Å²) < 4.78 is 25.4. The molecule has 0 bridgehead atoms. The van der Waals surface area contributed by atoms with Crippen molar-refractivity contribution in [1.29, 1.82) is 0 Å². The average Bonchev–Trinajstić information content (AvgIpc) is 3.73. The van der Waals surface area contributed by atoms with Crippen molar-refractivity contribution >= 4 is 26.8 Å². The maximum atomic E-state index is 13.2. The van der Waals surface area contributed by atoms with Crippen LogP contribution >= 0.6 is 0 Å². The van der Waals surface area contributed by atoms with Gasteiger partial charge in [0.1, 0.15) is 22.6 Å². The van der Waals surface area contributed by atoms with Gasteiger partial charge in [0, 0.05) is 24.9 Å². The second-order valence-corrected chi connectivity index (χ2v) is 10.8. The quantitative estimate of drug-likeness (QED) is 0.372. The van der Waals surface area contributed by atoms with Gasteiger partial charge in [-0.05, 0) is 26.7 Å². The molecule has 0 atom stereocenters. The topological polar surface area (TPSA) is 158 Å². The number of rotatable bonds is 8. The Labute approximate surface area is 207 Å². The number of nitrogens with zero attached hydrogens (tertiary/aromatic N) is 8. The summed E-state index contributed by atoms with van der Waals surface area (Å²) in [6, 6.07) is 0. The number of fused-ring (bicyclic) bond motifs is 1. The van der Waals surface area contributed by atoms with Crippen LogP contribution in [0.4, 0.5) is 5.82 Å². The van der Waals surface area contributed by atoms with E-state index in [-0.39, 0.29) is 28.6 Å². The van der Waals surface area contributed by atoms with Gasteiger partial charge in [-0.25, -0.2) is 43.3 Å². The van der Waals surface area contributed by atoms with Crippen LogP contribution in [0.3, 0.4) is 0 Å². The first kappa shape index (κ1) is 23.9. The van der Waals surface area contributed by atoms with Gasteiger partial charge in [-0.2, -0.15) is 0 Å². The van der Waals surface area contributed by atoms with Gasteiger partial charge in [0.05, 0.1) is 35.4 Å². The minimum absolute atomic E-state index is 0.0337. The Kier molecular flexibility index (Phi) is 6.16. The van der Waals surface area contributed by atoms with Crippen LogP contribution in [0, 0.1) is 6.92 Å². The van der Waals surface area contributed by atoms with Crippen molar-refractivity contribution < 1.29 is 8.42 Å². The number of nitrogens with one attached hydrogen (secondary N) is 1. The Morgan fingerprint density at radius 2 is 1.78 bits per heavy atom. The number of hydrogen-bond donors (Lipinski definition) is 1. The lowest BCUT2D eigenvalue weighted by atomic mass is 10.1. The molecule has 36 heavy (non-hydrogen) atoms. The third-order valence-electron chi connectivity index (χ3n) is 6.09. The van der Waals surface area contributed by atoms with Gasteiger partial charge >= 0.3 is 0 Å². The van der Waals surface area contributed by atoms with Gasteiger partial charge < -0.3 is 5.32 Å². The van der Waals surface area contributed by atoms with Gasteiger partial charge in [-0.3, -0.25) is 9.36 Å². The molecule has 4 aromatic rings. The Hall–Kier alpha value is -3.87. The van der Waals surface area contributed by atoms with Crippen molar-refractivity contribution in [3.63, 3.8) is 0 Å². The maximum absolute atomic E-state index is 13.2. The van der Waals surface area contributed by atoms with Gasteiger partial charge in [-0.1, -0.05) is 6.92 Å². The van der Waals surface area contributed by atoms with E-state index in [9.17, 15) is 13.2 Å². The van der Waals surface area contributed by atoms with Crippen molar-refractivity contribution in [2.45, 2.75) is 57.5 Å². The zero-order valence-electron chi connectivity index (χ0n) is 20.1. The molecule has 1 aliphatic carbocycles. The first-order valence-corrected chi connectivity index (χ1v) is 13.3. The lowest BCUT2D eigenvalue weighted by molar-refractivity contribution is 0.596.